The maximum Gasteiger partial charge on any atom is 0.407 e. The van der Waals surface area contributed by atoms with Gasteiger partial charge in [0.15, 0.2) is 17.5 Å². The van der Waals surface area contributed by atoms with Crippen LogP contribution in [0.4, 0.5) is 26.5 Å². The molecule has 1 amide bonds. The fourth-order valence-electron chi connectivity index (χ4n) is 3.56. The quantitative estimate of drug-likeness (QED) is 0.385. The molecule has 1 aliphatic rings. The van der Waals surface area contributed by atoms with E-state index in [1.54, 1.807) is 46.2 Å². The molecule has 2 atom stereocenters. The zero-order chi connectivity index (χ0) is 26.3. The number of nitriles is 1. The van der Waals surface area contributed by atoms with Crippen LogP contribution < -0.4 is 20.7 Å². The number of hydrogen-bond donors (Lipinski definition) is 3. The molecule has 3 rings (SSSR count). The van der Waals surface area contributed by atoms with Crippen LogP contribution in [0.25, 0.3) is 0 Å². The Labute approximate surface area is 210 Å². The summed E-state index contributed by atoms with van der Waals surface area (Å²) >= 11 is 0. The van der Waals surface area contributed by atoms with E-state index in [-0.39, 0.29) is 35.2 Å². The number of carbonyl (C=O) groups excluding carboxylic acids is 1. The van der Waals surface area contributed by atoms with Crippen LogP contribution >= 0.6 is 0 Å². The number of aromatic nitrogens is 2. The Morgan fingerprint density at radius 2 is 2.03 bits per heavy atom. The number of hydrogen-bond acceptors (Lipinski definition) is 9. The highest BCUT2D eigenvalue weighted by molar-refractivity contribution is 5.69. The third-order valence-corrected chi connectivity index (χ3v) is 5.35. The third kappa shape index (κ3) is 7.95. The second-order valence-electron chi connectivity index (χ2n) is 9.62. The van der Waals surface area contributed by atoms with Crippen molar-refractivity contribution in [2.24, 2.45) is 5.92 Å². The van der Waals surface area contributed by atoms with Crippen LogP contribution in [-0.2, 0) is 9.47 Å². The van der Waals surface area contributed by atoms with Crippen molar-refractivity contribution in [1.82, 2.24) is 15.3 Å². The molecule has 10 nitrogen and oxygen atoms in total. The number of alkyl carbamates (subject to hydrolysis) is 1. The Kier molecular flexibility index (Phi) is 8.88. The van der Waals surface area contributed by atoms with Crippen molar-refractivity contribution in [2.75, 3.05) is 31.0 Å². The summed E-state index contributed by atoms with van der Waals surface area (Å²) in [6, 6.07) is 5.78. The molecule has 0 radical (unpaired) electrons. The minimum Gasteiger partial charge on any atom is -0.475 e. The molecule has 2 heterocycles. The van der Waals surface area contributed by atoms with Crippen molar-refractivity contribution in [1.29, 1.82) is 5.26 Å². The third-order valence-electron chi connectivity index (χ3n) is 5.35. The molecular formula is C25H33FN6O4. The number of rotatable bonds is 11. The summed E-state index contributed by atoms with van der Waals surface area (Å²) < 4.78 is 30.7. The number of carbonyl (C=O) groups is 1. The molecule has 0 bridgehead atoms. The molecule has 1 aliphatic carbocycles. The summed E-state index contributed by atoms with van der Waals surface area (Å²) in [6.07, 6.45) is 2.94. The van der Waals surface area contributed by atoms with Gasteiger partial charge in [0, 0.05) is 31.1 Å². The molecule has 0 unspecified atom stereocenters. The summed E-state index contributed by atoms with van der Waals surface area (Å²) in [4.78, 5) is 20.8. The summed E-state index contributed by atoms with van der Waals surface area (Å²) in [7, 11) is 1.57. The smallest absolute Gasteiger partial charge is 0.407 e. The van der Waals surface area contributed by atoms with E-state index in [1.807, 2.05) is 13.0 Å². The predicted molar refractivity (Wildman–Crippen MR) is 133 cm³/mol. The molecule has 0 saturated heterocycles. The topological polar surface area (TPSA) is 130 Å². The first kappa shape index (κ1) is 26.9. The van der Waals surface area contributed by atoms with E-state index in [1.165, 1.54) is 0 Å². The molecule has 3 N–H and O–H groups in total. The minimum absolute atomic E-state index is 0.0359. The lowest BCUT2D eigenvalue weighted by Gasteiger charge is -2.28. The van der Waals surface area contributed by atoms with Crippen LogP contribution in [0.5, 0.6) is 5.88 Å². The van der Waals surface area contributed by atoms with Crippen LogP contribution in [0.1, 0.15) is 46.1 Å². The van der Waals surface area contributed by atoms with E-state index < -0.39 is 17.5 Å². The predicted octanol–water partition coefficient (Wildman–Crippen LogP) is 4.36. The van der Waals surface area contributed by atoms with Gasteiger partial charge in [-0.25, -0.2) is 19.2 Å². The summed E-state index contributed by atoms with van der Waals surface area (Å²) in [5.41, 5.74) is -0.0258. The lowest BCUT2D eigenvalue weighted by Crippen LogP contribution is -2.48. The number of ether oxygens (including phenoxy) is 3. The van der Waals surface area contributed by atoms with E-state index in [0.29, 0.717) is 24.8 Å². The average Bonchev–Trinajstić information content (AvgIpc) is 3.64. The summed E-state index contributed by atoms with van der Waals surface area (Å²) in [6.45, 7) is 7.97. The Morgan fingerprint density at radius 3 is 2.67 bits per heavy atom. The van der Waals surface area contributed by atoms with Crippen molar-refractivity contribution in [3.8, 4) is 11.9 Å². The van der Waals surface area contributed by atoms with Gasteiger partial charge in [-0.2, -0.15) is 5.26 Å². The number of nitrogens with zero attached hydrogens (tertiary/aromatic N) is 3. The van der Waals surface area contributed by atoms with E-state index in [9.17, 15) is 14.4 Å². The van der Waals surface area contributed by atoms with Gasteiger partial charge < -0.3 is 30.2 Å². The van der Waals surface area contributed by atoms with Crippen molar-refractivity contribution in [2.45, 2.75) is 58.2 Å². The Morgan fingerprint density at radius 1 is 1.28 bits per heavy atom. The van der Waals surface area contributed by atoms with Gasteiger partial charge in [-0.3, -0.25) is 0 Å². The van der Waals surface area contributed by atoms with E-state index >= 15 is 0 Å². The Balaban J connectivity index is 1.76. The molecule has 1 fully saturated rings. The molecule has 194 valence electrons. The van der Waals surface area contributed by atoms with Crippen molar-refractivity contribution >= 4 is 23.4 Å². The molecule has 0 aliphatic heterocycles. The van der Waals surface area contributed by atoms with Crippen LogP contribution in [0.2, 0.25) is 0 Å². The van der Waals surface area contributed by atoms with Crippen LogP contribution in [0.15, 0.2) is 24.4 Å². The van der Waals surface area contributed by atoms with Crippen molar-refractivity contribution < 1.29 is 23.4 Å². The zero-order valence-corrected chi connectivity index (χ0v) is 21.2. The largest absolute Gasteiger partial charge is 0.475 e. The van der Waals surface area contributed by atoms with Gasteiger partial charge in [0.05, 0.1) is 18.2 Å². The molecule has 36 heavy (non-hydrogen) atoms. The monoisotopic (exact) mass is 500 g/mol. The van der Waals surface area contributed by atoms with Crippen LogP contribution in [-0.4, -0.2) is 54.1 Å². The molecule has 2 aromatic heterocycles. The lowest BCUT2D eigenvalue weighted by molar-refractivity contribution is 0.0493. The van der Waals surface area contributed by atoms with Gasteiger partial charge in [0.1, 0.15) is 18.3 Å². The maximum atomic E-state index is 14.9. The average molecular weight is 501 g/mol. The van der Waals surface area contributed by atoms with Crippen LogP contribution in [0, 0.1) is 23.1 Å². The summed E-state index contributed by atoms with van der Waals surface area (Å²) in [5, 5.41) is 18.5. The molecule has 0 spiro atoms. The van der Waals surface area contributed by atoms with E-state index in [0.717, 1.165) is 18.9 Å². The van der Waals surface area contributed by atoms with Gasteiger partial charge >= 0.3 is 6.09 Å². The van der Waals surface area contributed by atoms with Gasteiger partial charge in [0.25, 0.3) is 0 Å². The number of methoxy groups -OCH3 is 1. The first-order valence-electron chi connectivity index (χ1n) is 11.8. The highest BCUT2D eigenvalue weighted by Gasteiger charge is 2.37. The highest BCUT2D eigenvalue weighted by atomic mass is 19.1. The number of amides is 1. The molecular weight excluding hydrogens is 467 g/mol. The summed E-state index contributed by atoms with van der Waals surface area (Å²) in [5.74, 6) is 0.0867. The Hall–Kier alpha value is -3.65. The molecule has 1 saturated carbocycles. The van der Waals surface area contributed by atoms with Gasteiger partial charge in [-0.1, -0.05) is 0 Å². The molecule has 0 aromatic carbocycles. The SMILES string of the molecule is COCCOc1cc(Nc2nc(N[C@H](C)[C@@H](NC(=O)OC(C)(C)C)C3CC3)c(F)cc2C#N)ccn1. The molecule has 11 heteroatoms. The number of pyridine rings is 2. The fourth-order valence-corrected chi connectivity index (χ4v) is 3.56. The fraction of sp³-hybridized carbons (Fsp3) is 0.520. The number of halogens is 1. The lowest BCUT2D eigenvalue weighted by atomic mass is 10.1. The maximum absolute atomic E-state index is 14.9. The van der Waals surface area contributed by atoms with Crippen molar-refractivity contribution in [3.05, 3.63) is 35.8 Å². The standard InChI is InChI=1S/C25H33FN6O4/c1-15(21(16-6-7-16)31-24(33)36-25(2,3)4)29-23-19(26)12-17(14-27)22(32-23)30-18-8-9-28-20(13-18)35-11-10-34-5/h8-9,12-13,15-16,21H,6-7,10-11H2,1-5H3,(H,31,33)(H2,28,29,30,32)/t15-,21-/m1/s1. The van der Waals surface area contributed by atoms with Gasteiger partial charge in [0.2, 0.25) is 5.88 Å². The van der Waals surface area contributed by atoms with Gasteiger partial charge in [-0.05, 0) is 58.6 Å². The van der Waals surface area contributed by atoms with Crippen molar-refractivity contribution in [3.63, 3.8) is 0 Å². The van der Waals surface area contributed by atoms with E-state index in [2.05, 4.69) is 25.9 Å². The van der Waals surface area contributed by atoms with Crippen LogP contribution in [0.3, 0.4) is 0 Å². The normalized spacial score (nSPS) is 14.8. The molecule has 2 aromatic rings. The van der Waals surface area contributed by atoms with E-state index in [4.69, 9.17) is 14.2 Å². The second-order valence-corrected chi connectivity index (χ2v) is 9.62. The van der Waals surface area contributed by atoms with Gasteiger partial charge in [-0.15, -0.1) is 0 Å². The number of anilines is 3. The minimum atomic E-state index is -0.672. The number of nitrogens with one attached hydrogen (secondary N) is 3. The highest BCUT2D eigenvalue weighted by Crippen LogP contribution is 2.35. The first-order chi connectivity index (χ1) is 17.1. The zero-order valence-electron chi connectivity index (χ0n) is 21.2. The first-order valence-corrected chi connectivity index (χ1v) is 11.8. The second kappa shape index (κ2) is 11.9. The Bertz CT molecular complexity index is 1100.